The SMILES string of the molecule is CC(C)C(Nc1ccn2nccc2n1)C(N)=O. The van der Waals surface area contributed by atoms with Gasteiger partial charge in [-0.1, -0.05) is 13.8 Å². The second-order valence-corrected chi connectivity index (χ2v) is 4.22. The van der Waals surface area contributed by atoms with Gasteiger partial charge in [-0.25, -0.2) is 9.50 Å². The van der Waals surface area contributed by atoms with Crippen LogP contribution in [0.15, 0.2) is 24.5 Å². The fourth-order valence-electron chi connectivity index (χ4n) is 1.62. The molecule has 1 unspecified atom stereocenters. The van der Waals surface area contributed by atoms with E-state index in [0.717, 1.165) is 5.65 Å². The Labute approximate surface area is 98.8 Å². The van der Waals surface area contributed by atoms with E-state index in [1.54, 1.807) is 29.0 Å². The first-order chi connectivity index (χ1) is 8.08. The number of hydrogen-bond donors (Lipinski definition) is 2. The van der Waals surface area contributed by atoms with Gasteiger partial charge in [0.1, 0.15) is 11.9 Å². The van der Waals surface area contributed by atoms with Crippen molar-refractivity contribution in [2.45, 2.75) is 19.9 Å². The number of amides is 1. The van der Waals surface area contributed by atoms with Crippen LogP contribution in [0.3, 0.4) is 0 Å². The third-order valence-corrected chi connectivity index (χ3v) is 2.53. The minimum Gasteiger partial charge on any atom is -0.368 e. The monoisotopic (exact) mass is 233 g/mol. The van der Waals surface area contributed by atoms with Crippen LogP contribution in [0, 0.1) is 5.92 Å². The number of nitrogens with one attached hydrogen (secondary N) is 1. The van der Waals surface area contributed by atoms with Gasteiger partial charge in [-0.3, -0.25) is 4.79 Å². The lowest BCUT2D eigenvalue weighted by molar-refractivity contribution is -0.119. The summed E-state index contributed by atoms with van der Waals surface area (Å²) in [5.74, 6) is 0.348. The van der Waals surface area contributed by atoms with E-state index in [9.17, 15) is 4.79 Å². The van der Waals surface area contributed by atoms with Gasteiger partial charge < -0.3 is 11.1 Å². The molecule has 0 aromatic carbocycles. The number of nitrogens with zero attached hydrogens (tertiary/aromatic N) is 3. The van der Waals surface area contributed by atoms with E-state index in [0.29, 0.717) is 5.82 Å². The summed E-state index contributed by atoms with van der Waals surface area (Å²) < 4.78 is 1.65. The molecule has 17 heavy (non-hydrogen) atoms. The van der Waals surface area contributed by atoms with Crippen LogP contribution in [0.4, 0.5) is 5.82 Å². The maximum absolute atomic E-state index is 11.3. The Balaban J connectivity index is 2.24. The smallest absolute Gasteiger partial charge is 0.240 e. The minimum atomic E-state index is -0.423. The van der Waals surface area contributed by atoms with Crippen molar-refractivity contribution in [2.24, 2.45) is 11.7 Å². The van der Waals surface area contributed by atoms with Gasteiger partial charge in [-0.05, 0) is 12.0 Å². The van der Waals surface area contributed by atoms with Crippen molar-refractivity contribution in [1.82, 2.24) is 14.6 Å². The van der Waals surface area contributed by atoms with Gasteiger partial charge in [0.25, 0.3) is 0 Å². The average molecular weight is 233 g/mol. The first-order valence-corrected chi connectivity index (χ1v) is 5.44. The molecule has 0 saturated carbocycles. The molecule has 0 fully saturated rings. The first kappa shape index (κ1) is 11.4. The third kappa shape index (κ3) is 2.35. The zero-order valence-electron chi connectivity index (χ0n) is 9.79. The van der Waals surface area contributed by atoms with Gasteiger partial charge in [-0.15, -0.1) is 0 Å². The Kier molecular flexibility index (Phi) is 2.95. The summed E-state index contributed by atoms with van der Waals surface area (Å²) in [6.45, 7) is 3.86. The largest absolute Gasteiger partial charge is 0.368 e. The number of carbonyl (C=O) groups excluding carboxylic acids is 1. The number of rotatable bonds is 4. The molecule has 0 aliphatic heterocycles. The van der Waals surface area contributed by atoms with E-state index < -0.39 is 6.04 Å². The lowest BCUT2D eigenvalue weighted by atomic mass is 10.0. The second kappa shape index (κ2) is 4.40. The van der Waals surface area contributed by atoms with Crippen LogP contribution >= 0.6 is 0 Å². The highest BCUT2D eigenvalue weighted by Crippen LogP contribution is 2.11. The number of aromatic nitrogens is 3. The molecular formula is C11H15N5O. The first-order valence-electron chi connectivity index (χ1n) is 5.44. The average Bonchev–Trinajstić information content (AvgIpc) is 2.71. The highest BCUT2D eigenvalue weighted by Gasteiger charge is 2.19. The van der Waals surface area contributed by atoms with Crippen molar-refractivity contribution in [3.63, 3.8) is 0 Å². The van der Waals surface area contributed by atoms with E-state index in [1.165, 1.54) is 0 Å². The van der Waals surface area contributed by atoms with E-state index in [2.05, 4.69) is 15.4 Å². The number of carbonyl (C=O) groups is 1. The van der Waals surface area contributed by atoms with Gasteiger partial charge in [-0.2, -0.15) is 5.10 Å². The summed E-state index contributed by atoms with van der Waals surface area (Å²) in [6, 6.07) is 3.13. The topological polar surface area (TPSA) is 85.3 Å². The summed E-state index contributed by atoms with van der Waals surface area (Å²) in [4.78, 5) is 15.6. The zero-order valence-corrected chi connectivity index (χ0v) is 9.79. The number of nitrogens with two attached hydrogens (primary N) is 1. The predicted octanol–water partition coefficient (Wildman–Crippen LogP) is 0.651. The summed E-state index contributed by atoms with van der Waals surface area (Å²) in [7, 11) is 0. The van der Waals surface area contributed by atoms with Crippen molar-refractivity contribution in [3.8, 4) is 0 Å². The van der Waals surface area contributed by atoms with Crippen molar-refractivity contribution < 1.29 is 4.79 Å². The second-order valence-electron chi connectivity index (χ2n) is 4.22. The molecule has 2 aromatic heterocycles. The highest BCUT2D eigenvalue weighted by atomic mass is 16.1. The maximum atomic E-state index is 11.3. The molecule has 0 aliphatic carbocycles. The van der Waals surface area contributed by atoms with Gasteiger partial charge in [0.15, 0.2) is 5.65 Å². The Hall–Kier alpha value is -2.11. The van der Waals surface area contributed by atoms with Crippen LogP contribution in [-0.4, -0.2) is 26.5 Å². The summed E-state index contributed by atoms with van der Waals surface area (Å²) in [5.41, 5.74) is 6.06. The molecule has 0 saturated heterocycles. The summed E-state index contributed by atoms with van der Waals surface area (Å²) in [5, 5.41) is 7.08. The quantitative estimate of drug-likeness (QED) is 0.812. The molecule has 6 nitrogen and oxygen atoms in total. The van der Waals surface area contributed by atoms with Crippen molar-refractivity contribution >= 4 is 17.4 Å². The van der Waals surface area contributed by atoms with Crippen molar-refractivity contribution in [3.05, 3.63) is 24.5 Å². The van der Waals surface area contributed by atoms with Crippen LogP contribution in [-0.2, 0) is 4.79 Å². The molecule has 1 amide bonds. The lowest BCUT2D eigenvalue weighted by Gasteiger charge is -2.19. The summed E-state index contributed by atoms with van der Waals surface area (Å²) >= 11 is 0. The minimum absolute atomic E-state index is 0.107. The highest BCUT2D eigenvalue weighted by molar-refractivity contribution is 5.83. The van der Waals surface area contributed by atoms with Gasteiger partial charge in [0, 0.05) is 12.3 Å². The van der Waals surface area contributed by atoms with Gasteiger partial charge >= 0.3 is 0 Å². The molecule has 90 valence electrons. The van der Waals surface area contributed by atoms with E-state index in [4.69, 9.17) is 5.73 Å². The molecule has 2 heterocycles. The van der Waals surface area contributed by atoms with E-state index >= 15 is 0 Å². The Bertz CT molecular complexity index is 533. The molecule has 2 aromatic rings. The van der Waals surface area contributed by atoms with Gasteiger partial charge in [0.2, 0.25) is 5.91 Å². The number of hydrogen-bond acceptors (Lipinski definition) is 4. The molecule has 0 radical (unpaired) electrons. The van der Waals surface area contributed by atoms with Crippen LogP contribution in [0.2, 0.25) is 0 Å². The Morgan fingerprint density at radius 2 is 2.24 bits per heavy atom. The molecule has 0 bridgehead atoms. The van der Waals surface area contributed by atoms with Crippen LogP contribution in [0.1, 0.15) is 13.8 Å². The molecule has 3 N–H and O–H groups in total. The number of primary amides is 1. The predicted molar refractivity (Wildman–Crippen MR) is 64.4 cm³/mol. The Morgan fingerprint density at radius 1 is 1.47 bits per heavy atom. The van der Waals surface area contributed by atoms with Crippen LogP contribution in [0.25, 0.3) is 5.65 Å². The molecule has 0 spiro atoms. The fraction of sp³-hybridized carbons (Fsp3) is 0.364. The van der Waals surface area contributed by atoms with Crippen molar-refractivity contribution in [1.29, 1.82) is 0 Å². The fourth-order valence-corrected chi connectivity index (χ4v) is 1.62. The zero-order chi connectivity index (χ0) is 12.4. The maximum Gasteiger partial charge on any atom is 0.240 e. The molecule has 2 rings (SSSR count). The number of anilines is 1. The molecule has 0 aliphatic rings. The normalized spacial score (nSPS) is 12.9. The Morgan fingerprint density at radius 3 is 2.88 bits per heavy atom. The number of fused-ring (bicyclic) bond motifs is 1. The van der Waals surface area contributed by atoms with E-state index in [1.807, 2.05) is 13.8 Å². The summed E-state index contributed by atoms with van der Waals surface area (Å²) in [6.07, 6.45) is 3.45. The van der Waals surface area contributed by atoms with E-state index in [-0.39, 0.29) is 11.8 Å². The molecule has 1 atom stereocenters. The standard InChI is InChI=1S/C11H15N5O/c1-7(2)10(11(12)17)15-8-4-6-16-9(14-8)3-5-13-16/h3-7,10H,1-2H3,(H2,12,17)(H,14,15). The van der Waals surface area contributed by atoms with Crippen molar-refractivity contribution in [2.75, 3.05) is 5.32 Å². The van der Waals surface area contributed by atoms with Gasteiger partial charge in [0.05, 0.1) is 6.20 Å². The molecule has 6 heteroatoms. The van der Waals surface area contributed by atoms with Crippen LogP contribution in [0.5, 0.6) is 0 Å². The van der Waals surface area contributed by atoms with Crippen LogP contribution < -0.4 is 11.1 Å². The molecular weight excluding hydrogens is 218 g/mol. The lowest BCUT2D eigenvalue weighted by Crippen LogP contribution is -2.39. The third-order valence-electron chi connectivity index (χ3n) is 2.53.